The van der Waals surface area contributed by atoms with Crippen LogP contribution in [0.1, 0.15) is 22.3 Å². The molecule has 0 atom stereocenters. The molecule has 0 aliphatic carbocycles. The summed E-state index contributed by atoms with van der Waals surface area (Å²) in [5.74, 6) is 0.124. The summed E-state index contributed by atoms with van der Waals surface area (Å²) in [6, 6.07) is 12.2. The minimum atomic E-state index is -0.197. The molecule has 1 aliphatic heterocycles. The van der Waals surface area contributed by atoms with E-state index < -0.39 is 0 Å². The normalized spacial score (nSPS) is 14.6. The third kappa shape index (κ3) is 2.71. The van der Waals surface area contributed by atoms with E-state index in [-0.39, 0.29) is 17.2 Å². The molecule has 0 saturated carbocycles. The number of amides is 1. The van der Waals surface area contributed by atoms with Crippen LogP contribution >= 0.6 is 0 Å². The first-order valence-electron chi connectivity index (χ1n) is 8.10. The summed E-state index contributed by atoms with van der Waals surface area (Å²) < 4.78 is 0. The maximum atomic E-state index is 12.8. The molecule has 1 aromatic heterocycles. The third-order valence-corrected chi connectivity index (χ3v) is 4.51. The number of phenols is 1. The first-order valence-corrected chi connectivity index (χ1v) is 8.10. The van der Waals surface area contributed by atoms with Crippen LogP contribution in [0.5, 0.6) is 5.75 Å². The fraction of sp³-hybridized carbons (Fsp3) is 0.158. The van der Waals surface area contributed by atoms with Gasteiger partial charge in [0.15, 0.2) is 0 Å². The largest absolute Gasteiger partial charge is 0.507 e. The van der Waals surface area contributed by atoms with Crippen molar-refractivity contribution in [3.05, 3.63) is 70.0 Å². The quantitative estimate of drug-likeness (QED) is 0.672. The standard InChI is InChI=1S/C19H17N3O3/c23-17-6-2-1-5-14(17)13-4-3-9-22(11-13)19(25)12-7-8-15-16(10-12)20-21-18(15)24/h1-2,4-8,10,23H,3,9,11H2,(H2,20,21,24). The summed E-state index contributed by atoms with van der Waals surface area (Å²) in [6.45, 7) is 1.07. The smallest absolute Gasteiger partial charge is 0.271 e. The second kappa shape index (κ2) is 5.98. The number of fused-ring (bicyclic) bond motifs is 1. The second-order valence-electron chi connectivity index (χ2n) is 6.10. The van der Waals surface area contributed by atoms with Crippen molar-refractivity contribution in [3.63, 3.8) is 0 Å². The Hall–Kier alpha value is -3.28. The van der Waals surface area contributed by atoms with Crippen molar-refractivity contribution in [1.29, 1.82) is 0 Å². The number of carbonyl (C=O) groups excluding carboxylic acids is 1. The molecule has 0 fully saturated rings. The van der Waals surface area contributed by atoms with Gasteiger partial charge < -0.3 is 10.0 Å². The van der Waals surface area contributed by atoms with Gasteiger partial charge in [0.2, 0.25) is 0 Å². The van der Waals surface area contributed by atoms with Crippen LogP contribution in [0.2, 0.25) is 0 Å². The number of hydrogen-bond donors (Lipinski definition) is 3. The van der Waals surface area contributed by atoms with Crippen molar-refractivity contribution in [2.24, 2.45) is 0 Å². The van der Waals surface area contributed by atoms with Gasteiger partial charge >= 0.3 is 0 Å². The van der Waals surface area contributed by atoms with E-state index in [2.05, 4.69) is 16.3 Å². The molecular weight excluding hydrogens is 318 g/mol. The number of para-hydroxylation sites is 1. The molecule has 4 rings (SSSR count). The molecule has 2 aromatic carbocycles. The van der Waals surface area contributed by atoms with Gasteiger partial charge in [-0.25, -0.2) is 0 Å². The lowest BCUT2D eigenvalue weighted by Gasteiger charge is -2.28. The highest BCUT2D eigenvalue weighted by molar-refractivity contribution is 5.98. The zero-order valence-corrected chi connectivity index (χ0v) is 13.5. The molecule has 3 N–H and O–H groups in total. The van der Waals surface area contributed by atoms with Gasteiger partial charge in [0.25, 0.3) is 11.5 Å². The monoisotopic (exact) mass is 335 g/mol. The van der Waals surface area contributed by atoms with E-state index in [0.29, 0.717) is 29.6 Å². The first-order chi connectivity index (χ1) is 12.1. The summed E-state index contributed by atoms with van der Waals surface area (Å²) in [4.78, 5) is 26.2. The minimum absolute atomic E-state index is 0.0926. The van der Waals surface area contributed by atoms with Gasteiger partial charge in [-0.15, -0.1) is 0 Å². The van der Waals surface area contributed by atoms with Gasteiger partial charge in [-0.05, 0) is 36.3 Å². The minimum Gasteiger partial charge on any atom is -0.507 e. The van der Waals surface area contributed by atoms with Crippen LogP contribution < -0.4 is 5.56 Å². The lowest BCUT2D eigenvalue weighted by Crippen LogP contribution is -2.35. The van der Waals surface area contributed by atoms with Gasteiger partial charge in [-0.1, -0.05) is 24.3 Å². The Morgan fingerprint density at radius 1 is 1.12 bits per heavy atom. The summed E-state index contributed by atoms with van der Waals surface area (Å²) in [5, 5.41) is 15.9. The average molecular weight is 335 g/mol. The number of rotatable bonds is 2. The number of carbonyl (C=O) groups is 1. The molecule has 1 amide bonds. The number of aromatic amines is 2. The SMILES string of the molecule is O=C(c1ccc2c(=O)[nH][nH]c2c1)N1CCC=C(c2ccccc2O)C1. The van der Waals surface area contributed by atoms with Crippen LogP contribution in [0.4, 0.5) is 0 Å². The Kier molecular flexibility index (Phi) is 3.65. The van der Waals surface area contributed by atoms with Crippen molar-refractivity contribution in [2.75, 3.05) is 13.1 Å². The molecule has 2 heterocycles. The zero-order chi connectivity index (χ0) is 17.4. The molecule has 3 aromatic rings. The molecule has 6 heteroatoms. The number of phenolic OH excluding ortho intramolecular Hbond substituents is 1. The van der Waals surface area contributed by atoms with Gasteiger partial charge in [0.05, 0.1) is 10.9 Å². The van der Waals surface area contributed by atoms with E-state index in [4.69, 9.17) is 0 Å². The molecule has 0 spiro atoms. The molecule has 1 aliphatic rings. The van der Waals surface area contributed by atoms with Crippen LogP contribution in [-0.2, 0) is 0 Å². The van der Waals surface area contributed by atoms with Crippen molar-refractivity contribution in [3.8, 4) is 5.75 Å². The lowest BCUT2D eigenvalue weighted by atomic mass is 9.99. The topological polar surface area (TPSA) is 89.2 Å². The lowest BCUT2D eigenvalue weighted by molar-refractivity contribution is 0.0775. The number of nitrogens with one attached hydrogen (secondary N) is 2. The van der Waals surface area contributed by atoms with Gasteiger partial charge in [-0.2, -0.15) is 0 Å². The van der Waals surface area contributed by atoms with E-state index in [1.807, 2.05) is 12.1 Å². The van der Waals surface area contributed by atoms with Crippen molar-refractivity contribution in [1.82, 2.24) is 15.1 Å². The Bertz CT molecular complexity index is 1050. The highest BCUT2D eigenvalue weighted by Gasteiger charge is 2.22. The molecule has 6 nitrogen and oxygen atoms in total. The van der Waals surface area contributed by atoms with Crippen LogP contribution in [0.25, 0.3) is 16.5 Å². The number of nitrogens with zero attached hydrogens (tertiary/aromatic N) is 1. The molecule has 0 bridgehead atoms. The first kappa shape index (κ1) is 15.3. The van der Waals surface area contributed by atoms with Crippen molar-refractivity contribution < 1.29 is 9.90 Å². The average Bonchev–Trinajstić information content (AvgIpc) is 3.02. The van der Waals surface area contributed by atoms with E-state index >= 15 is 0 Å². The Labute approximate surface area is 143 Å². The van der Waals surface area contributed by atoms with Crippen LogP contribution in [-0.4, -0.2) is 39.2 Å². The zero-order valence-electron chi connectivity index (χ0n) is 13.5. The fourth-order valence-electron chi connectivity index (χ4n) is 3.21. The molecule has 0 unspecified atom stereocenters. The summed E-state index contributed by atoms with van der Waals surface area (Å²) in [7, 11) is 0. The highest BCUT2D eigenvalue weighted by Crippen LogP contribution is 2.28. The maximum absolute atomic E-state index is 12.8. The third-order valence-electron chi connectivity index (χ3n) is 4.51. The molecule has 126 valence electrons. The van der Waals surface area contributed by atoms with Gasteiger partial charge in [-0.3, -0.25) is 19.8 Å². The summed E-state index contributed by atoms with van der Waals surface area (Å²) in [6.07, 6.45) is 2.80. The van der Waals surface area contributed by atoms with Crippen LogP contribution in [0.15, 0.2) is 53.3 Å². The number of benzene rings is 2. The molecular formula is C19H17N3O3. The molecule has 0 radical (unpaired) electrons. The van der Waals surface area contributed by atoms with E-state index in [1.54, 1.807) is 35.2 Å². The Balaban J connectivity index is 1.61. The summed E-state index contributed by atoms with van der Waals surface area (Å²) >= 11 is 0. The highest BCUT2D eigenvalue weighted by atomic mass is 16.3. The number of aromatic hydroxyl groups is 1. The van der Waals surface area contributed by atoms with Gasteiger partial charge in [0, 0.05) is 24.2 Å². The predicted molar refractivity (Wildman–Crippen MR) is 95.5 cm³/mol. The van der Waals surface area contributed by atoms with Crippen molar-refractivity contribution in [2.45, 2.75) is 6.42 Å². The van der Waals surface area contributed by atoms with E-state index in [9.17, 15) is 14.7 Å². The van der Waals surface area contributed by atoms with Crippen LogP contribution in [0.3, 0.4) is 0 Å². The Morgan fingerprint density at radius 3 is 2.80 bits per heavy atom. The number of aromatic nitrogens is 2. The molecule has 0 saturated heterocycles. The fourth-order valence-corrected chi connectivity index (χ4v) is 3.21. The number of hydrogen-bond acceptors (Lipinski definition) is 3. The van der Waals surface area contributed by atoms with Crippen LogP contribution in [0, 0.1) is 0 Å². The van der Waals surface area contributed by atoms with Gasteiger partial charge in [0.1, 0.15) is 5.75 Å². The summed E-state index contributed by atoms with van der Waals surface area (Å²) in [5.41, 5.74) is 2.64. The second-order valence-corrected chi connectivity index (χ2v) is 6.10. The predicted octanol–water partition coefficient (Wildman–Crippen LogP) is 2.49. The van der Waals surface area contributed by atoms with Crippen molar-refractivity contribution >= 4 is 22.4 Å². The Morgan fingerprint density at radius 2 is 1.96 bits per heavy atom. The van der Waals surface area contributed by atoms with E-state index in [0.717, 1.165) is 17.6 Å². The molecule has 25 heavy (non-hydrogen) atoms. The number of H-pyrrole nitrogens is 2. The maximum Gasteiger partial charge on any atom is 0.271 e. The van der Waals surface area contributed by atoms with E-state index in [1.165, 1.54) is 0 Å².